The summed E-state index contributed by atoms with van der Waals surface area (Å²) in [4.78, 5) is 11.9. The Kier molecular flexibility index (Phi) is 5.75. The highest BCUT2D eigenvalue weighted by atomic mass is 79.9. The molecular formula is C22H22BrNO6S2. The van der Waals surface area contributed by atoms with Crippen molar-refractivity contribution in [1.29, 1.82) is 0 Å². The summed E-state index contributed by atoms with van der Waals surface area (Å²) in [5.74, 6) is -0.675. The molecule has 1 saturated heterocycles. The first kappa shape index (κ1) is 23.0. The van der Waals surface area contributed by atoms with Crippen molar-refractivity contribution in [2.45, 2.75) is 29.2 Å². The van der Waals surface area contributed by atoms with Crippen LogP contribution < -0.4 is 4.31 Å². The number of methoxy groups -OCH3 is 1. The maximum absolute atomic E-state index is 13.9. The van der Waals surface area contributed by atoms with E-state index in [1.807, 2.05) is 6.07 Å². The normalized spacial score (nSPS) is 21.2. The molecule has 1 atom stereocenters. The van der Waals surface area contributed by atoms with Gasteiger partial charge >= 0.3 is 5.97 Å². The van der Waals surface area contributed by atoms with Crippen molar-refractivity contribution in [3.8, 4) is 0 Å². The van der Waals surface area contributed by atoms with Crippen molar-refractivity contribution in [2.24, 2.45) is 0 Å². The van der Waals surface area contributed by atoms with Crippen LogP contribution in [0.3, 0.4) is 0 Å². The number of nitrogens with zero attached hydrogens (tertiary/aromatic N) is 1. The lowest BCUT2D eigenvalue weighted by atomic mass is 9.72. The van der Waals surface area contributed by atoms with Crippen LogP contribution in [0.1, 0.15) is 28.8 Å². The van der Waals surface area contributed by atoms with E-state index in [1.54, 1.807) is 18.2 Å². The Morgan fingerprint density at radius 1 is 1.22 bits per heavy atom. The molecule has 7 nitrogen and oxygen atoms in total. The molecule has 1 spiro atoms. The molecule has 2 aliphatic rings. The number of esters is 1. The summed E-state index contributed by atoms with van der Waals surface area (Å²) in [6.45, 7) is 3.91. The number of halogens is 1. The van der Waals surface area contributed by atoms with Crippen molar-refractivity contribution < 1.29 is 26.4 Å². The zero-order chi connectivity index (χ0) is 23.3. The van der Waals surface area contributed by atoms with E-state index in [1.165, 1.54) is 35.7 Å². The number of hydrogen-bond acceptors (Lipinski definition) is 6. The van der Waals surface area contributed by atoms with Crippen molar-refractivity contribution in [2.75, 3.05) is 22.9 Å². The number of sulfonamides is 1. The second-order valence-electron chi connectivity index (χ2n) is 7.97. The lowest BCUT2D eigenvalue weighted by Crippen LogP contribution is -2.49. The molecule has 0 amide bonds. The topological polar surface area (TPSA) is 97.8 Å². The van der Waals surface area contributed by atoms with E-state index in [2.05, 4.69) is 22.5 Å². The molecule has 32 heavy (non-hydrogen) atoms. The minimum atomic E-state index is -4.11. The van der Waals surface area contributed by atoms with Crippen LogP contribution in [0.2, 0.25) is 0 Å². The molecule has 0 N–H and O–H groups in total. The largest absolute Gasteiger partial charge is 0.465 e. The minimum absolute atomic E-state index is 0.0188. The van der Waals surface area contributed by atoms with Crippen LogP contribution >= 0.6 is 15.9 Å². The SMILES string of the molecule is C=CC1N(S(=O)(=O)c2cccc(C(=O)OC)c2)c2ccc(Br)cc2C12CCS(=O)(=O)CC2. The lowest BCUT2D eigenvalue weighted by molar-refractivity contribution is 0.0600. The molecule has 170 valence electrons. The first-order valence-corrected chi connectivity index (χ1v) is 14.0. The van der Waals surface area contributed by atoms with Gasteiger partial charge < -0.3 is 4.74 Å². The van der Waals surface area contributed by atoms with Gasteiger partial charge in [0.15, 0.2) is 0 Å². The average molecular weight is 540 g/mol. The number of sulfone groups is 1. The van der Waals surface area contributed by atoms with Gasteiger partial charge in [0.2, 0.25) is 0 Å². The van der Waals surface area contributed by atoms with Crippen LogP contribution in [0.25, 0.3) is 0 Å². The van der Waals surface area contributed by atoms with E-state index in [0.717, 1.165) is 10.0 Å². The summed E-state index contributed by atoms with van der Waals surface area (Å²) in [5.41, 5.74) is 0.678. The van der Waals surface area contributed by atoms with Crippen LogP contribution in [0.4, 0.5) is 5.69 Å². The van der Waals surface area contributed by atoms with E-state index in [4.69, 9.17) is 4.74 Å². The van der Waals surface area contributed by atoms with Crippen molar-refractivity contribution in [3.63, 3.8) is 0 Å². The van der Waals surface area contributed by atoms with Crippen LogP contribution in [-0.4, -0.2) is 47.5 Å². The minimum Gasteiger partial charge on any atom is -0.465 e. The fourth-order valence-electron chi connectivity index (χ4n) is 4.72. The van der Waals surface area contributed by atoms with Crippen molar-refractivity contribution in [1.82, 2.24) is 0 Å². The third-order valence-electron chi connectivity index (χ3n) is 6.30. The fraction of sp³-hybridized carbons (Fsp3) is 0.318. The molecule has 0 aromatic heterocycles. The number of hydrogen-bond donors (Lipinski definition) is 0. The molecule has 4 rings (SSSR count). The van der Waals surface area contributed by atoms with Gasteiger partial charge in [0.05, 0.1) is 40.8 Å². The maximum atomic E-state index is 13.9. The van der Waals surface area contributed by atoms with E-state index in [-0.39, 0.29) is 22.0 Å². The number of anilines is 1. The van der Waals surface area contributed by atoms with Gasteiger partial charge in [-0.1, -0.05) is 28.1 Å². The smallest absolute Gasteiger partial charge is 0.337 e. The number of fused-ring (bicyclic) bond motifs is 2. The molecule has 1 fully saturated rings. The molecular weight excluding hydrogens is 518 g/mol. The average Bonchev–Trinajstić information content (AvgIpc) is 3.05. The molecule has 0 aliphatic carbocycles. The molecule has 0 bridgehead atoms. The van der Waals surface area contributed by atoms with Crippen molar-refractivity contribution >= 4 is 47.4 Å². The highest BCUT2D eigenvalue weighted by Crippen LogP contribution is 2.54. The van der Waals surface area contributed by atoms with Gasteiger partial charge in [0.25, 0.3) is 10.0 Å². The zero-order valence-corrected chi connectivity index (χ0v) is 20.5. The van der Waals surface area contributed by atoms with Gasteiger partial charge in [0, 0.05) is 9.89 Å². The van der Waals surface area contributed by atoms with Crippen molar-refractivity contribution in [3.05, 3.63) is 70.7 Å². The second kappa shape index (κ2) is 8.00. The molecule has 2 heterocycles. The molecule has 2 aromatic rings. The lowest BCUT2D eigenvalue weighted by Gasteiger charge is -2.39. The predicted octanol–water partition coefficient (Wildman–Crippen LogP) is 3.45. The zero-order valence-electron chi connectivity index (χ0n) is 17.3. The van der Waals surface area contributed by atoms with Gasteiger partial charge in [-0.25, -0.2) is 21.6 Å². The third-order valence-corrected chi connectivity index (χ3v) is 10.2. The van der Waals surface area contributed by atoms with E-state index >= 15 is 0 Å². The maximum Gasteiger partial charge on any atom is 0.337 e. The van der Waals surface area contributed by atoms with E-state index < -0.39 is 37.3 Å². The van der Waals surface area contributed by atoms with Crippen LogP contribution in [0, 0.1) is 0 Å². The van der Waals surface area contributed by atoms with Gasteiger partial charge in [-0.05, 0) is 54.8 Å². The summed E-state index contributed by atoms with van der Waals surface area (Å²) in [6, 6.07) is 10.4. The van der Waals surface area contributed by atoms with Crippen LogP contribution in [0.5, 0.6) is 0 Å². The molecule has 1 unspecified atom stereocenters. The molecule has 2 aromatic carbocycles. The molecule has 0 radical (unpaired) electrons. The predicted molar refractivity (Wildman–Crippen MR) is 125 cm³/mol. The fourth-order valence-corrected chi connectivity index (χ4v) is 8.39. The summed E-state index contributed by atoms with van der Waals surface area (Å²) < 4.78 is 58.9. The summed E-state index contributed by atoms with van der Waals surface area (Å²) >= 11 is 3.46. The number of benzene rings is 2. The van der Waals surface area contributed by atoms with E-state index in [9.17, 15) is 21.6 Å². The number of ether oxygens (including phenoxy) is 1. The number of carbonyl (C=O) groups is 1. The van der Waals surface area contributed by atoms with Gasteiger partial charge in [-0.2, -0.15) is 0 Å². The van der Waals surface area contributed by atoms with Crippen LogP contribution in [-0.2, 0) is 30.0 Å². The van der Waals surface area contributed by atoms with Gasteiger partial charge in [-0.15, -0.1) is 6.58 Å². The molecule has 0 saturated carbocycles. The molecule has 10 heteroatoms. The first-order valence-electron chi connectivity index (χ1n) is 9.91. The van der Waals surface area contributed by atoms with Crippen LogP contribution in [0.15, 0.2) is 64.5 Å². The summed E-state index contributed by atoms with van der Waals surface area (Å²) in [5, 5.41) is 0. The monoisotopic (exact) mass is 539 g/mol. The van der Waals surface area contributed by atoms with Gasteiger partial charge in [0.1, 0.15) is 9.84 Å². The second-order valence-corrected chi connectivity index (χ2v) is 13.0. The number of rotatable bonds is 4. The first-order chi connectivity index (χ1) is 15.1. The Bertz CT molecular complexity index is 1310. The standard InChI is InChI=1S/C22H22BrNO6S2/c1-3-20-22(9-11-31(26,27)12-10-22)18-14-16(23)7-8-19(18)24(20)32(28,29)17-6-4-5-15(13-17)21(25)30-2/h3-8,13-14,20H,1,9-12H2,2H3. The van der Waals surface area contributed by atoms with Gasteiger partial charge in [-0.3, -0.25) is 4.31 Å². The Hall–Kier alpha value is -2.17. The summed E-state index contributed by atoms with van der Waals surface area (Å²) in [6.07, 6.45) is 2.17. The highest BCUT2D eigenvalue weighted by Gasteiger charge is 2.55. The third kappa shape index (κ3) is 3.58. The Labute approximate surface area is 196 Å². The number of carbonyl (C=O) groups excluding carboxylic acids is 1. The summed E-state index contributed by atoms with van der Waals surface area (Å²) in [7, 11) is -6.06. The molecule has 2 aliphatic heterocycles. The Balaban J connectivity index is 1.90. The Morgan fingerprint density at radius 2 is 1.91 bits per heavy atom. The quantitative estimate of drug-likeness (QED) is 0.436. The van der Waals surface area contributed by atoms with E-state index in [0.29, 0.717) is 18.5 Å². The Morgan fingerprint density at radius 3 is 2.53 bits per heavy atom. The highest BCUT2D eigenvalue weighted by molar-refractivity contribution is 9.10.